The van der Waals surface area contributed by atoms with Gasteiger partial charge in [0, 0.05) is 18.5 Å². The highest BCUT2D eigenvalue weighted by Gasteiger charge is 2.22. The average molecular weight is 588 g/mol. The largest absolute Gasteiger partial charge is 0.324 e. The second kappa shape index (κ2) is 11.3. The van der Waals surface area contributed by atoms with Gasteiger partial charge in [-0.05, 0) is 55.7 Å². The number of halogens is 2. The lowest BCUT2D eigenvalue weighted by Gasteiger charge is -2.16. The molecule has 14 heteroatoms. The Kier molecular flexibility index (Phi) is 8.81. The van der Waals surface area contributed by atoms with E-state index in [0.29, 0.717) is 12.0 Å². The fourth-order valence-corrected chi connectivity index (χ4v) is 5.53. The maximum atomic E-state index is 13.0. The first-order valence-corrected chi connectivity index (χ1v) is 15.0. The summed E-state index contributed by atoms with van der Waals surface area (Å²) >= 11 is 11.6. The van der Waals surface area contributed by atoms with Gasteiger partial charge in [0.05, 0.1) is 21.0 Å². The summed E-state index contributed by atoms with van der Waals surface area (Å²) in [6.45, 7) is 3.12. The second-order valence-corrected chi connectivity index (χ2v) is 12.8. The predicted molar refractivity (Wildman–Crippen MR) is 141 cm³/mol. The molecule has 0 fully saturated rings. The smallest absolute Gasteiger partial charge is 0.287 e. The fourth-order valence-electron chi connectivity index (χ4n) is 3.34. The Morgan fingerprint density at radius 2 is 1.73 bits per heavy atom. The number of carbonyl (C=O) groups excluding carboxylic acids is 1. The molecule has 0 unspecified atom stereocenters. The van der Waals surface area contributed by atoms with Crippen molar-refractivity contribution < 1.29 is 21.6 Å². The van der Waals surface area contributed by atoms with E-state index in [9.17, 15) is 26.4 Å². The minimum absolute atomic E-state index is 0.0322. The van der Waals surface area contributed by atoms with Crippen LogP contribution >= 0.6 is 23.2 Å². The van der Waals surface area contributed by atoms with Gasteiger partial charge in [-0.25, -0.2) is 26.2 Å². The molecular weight excluding hydrogens is 563 g/mol. The van der Waals surface area contributed by atoms with Crippen LogP contribution in [-0.2, 0) is 31.1 Å². The minimum Gasteiger partial charge on any atom is -0.324 e. The van der Waals surface area contributed by atoms with Crippen LogP contribution in [0.2, 0.25) is 10.0 Å². The lowest BCUT2D eigenvalue weighted by atomic mass is 10.2. The highest BCUT2D eigenvalue weighted by atomic mass is 35.5. The Morgan fingerprint density at radius 3 is 2.35 bits per heavy atom. The van der Waals surface area contributed by atoms with E-state index < -0.39 is 37.4 Å². The Hall–Kier alpha value is -2.77. The number of anilines is 1. The molecule has 0 aliphatic carbocycles. The molecule has 0 aliphatic rings. The van der Waals surface area contributed by atoms with Crippen LogP contribution < -0.4 is 15.6 Å². The number of nitrogens with zero attached hydrogens (tertiary/aromatic N) is 2. The lowest BCUT2D eigenvalue weighted by Crippen LogP contribution is -2.33. The molecule has 0 saturated heterocycles. The number of nitrogens with one attached hydrogen (secondary N) is 2. The first kappa shape index (κ1) is 28.8. The van der Waals surface area contributed by atoms with Crippen molar-refractivity contribution in [2.45, 2.75) is 36.1 Å². The molecule has 1 atom stereocenters. The average Bonchev–Trinajstić information content (AvgIpc) is 2.83. The first-order chi connectivity index (χ1) is 17.2. The number of sulfonamides is 1. The number of rotatable bonds is 9. The molecule has 0 saturated carbocycles. The van der Waals surface area contributed by atoms with Crippen LogP contribution in [0.1, 0.15) is 24.1 Å². The Labute approximate surface area is 224 Å². The van der Waals surface area contributed by atoms with Gasteiger partial charge in [-0.15, -0.1) is 0 Å². The molecule has 1 aromatic heterocycles. The molecule has 2 aromatic carbocycles. The minimum atomic E-state index is -3.94. The van der Waals surface area contributed by atoms with Crippen molar-refractivity contribution in [3.05, 3.63) is 80.2 Å². The quantitative estimate of drug-likeness (QED) is 0.392. The standard InChI is InChI=1S/C23H24Cl2N4O6S2/c1-14-4-7-17(28-22(30)15(2)29-23(31)21(25)19(24)13-26-29)12-20(14)37(34,35)27-11-10-16-5-8-18(9-6-16)36(3,32)33/h4-9,12-13,15,27H,10-11H2,1-3H3,(H,28,30)/t15-/m0/s1. The second-order valence-electron chi connectivity index (χ2n) is 8.27. The van der Waals surface area contributed by atoms with Gasteiger partial charge in [0.1, 0.15) is 11.1 Å². The Bertz CT molecular complexity index is 1610. The zero-order valence-electron chi connectivity index (χ0n) is 20.0. The summed E-state index contributed by atoms with van der Waals surface area (Å²) in [4.78, 5) is 25.2. The highest BCUT2D eigenvalue weighted by molar-refractivity contribution is 7.90. The zero-order valence-corrected chi connectivity index (χ0v) is 23.2. The third kappa shape index (κ3) is 6.96. The van der Waals surface area contributed by atoms with Crippen LogP contribution in [0, 0.1) is 6.92 Å². The molecule has 1 amide bonds. The van der Waals surface area contributed by atoms with Crippen molar-refractivity contribution >= 4 is 54.7 Å². The molecule has 2 N–H and O–H groups in total. The van der Waals surface area contributed by atoms with E-state index >= 15 is 0 Å². The number of hydrogen-bond donors (Lipinski definition) is 2. The molecule has 37 heavy (non-hydrogen) atoms. The Balaban J connectivity index is 1.71. The van der Waals surface area contributed by atoms with Crippen molar-refractivity contribution in [3.63, 3.8) is 0 Å². The van der Waals surface area contributed by atoms with Crippen LogP contribution in [0.25, 0.3) is 0 Å². The molecule has 1 heterocycles. The van der Waals surface area contributed by atoms with Crippen molar-refractivity contribution in [3.8, 4) is 0 Å². The SMILES string of the molecule is Cc1ccc(NC(=O)[C@H](C)n2ncc(Cl)c(Cl)c2=O)cc1S(=O)(=O)NCCc1ccc(S(C)(=O)=O)cc1. The maximum absolute atomic E-state index is 13.0. The number of hydrogen-bond acceptors (Lipinski definition) is 7. The number of sulfone groups is 1. The topological polar surface area (TPSA) is 144 Å². The molecule has 198 valence electrons. The van der Waals surface area contributed by atoms with E-state index in [1.54, 1.807) is 25.1 Å². The number of benzene rings is 2. The van der Waals surface area contributed by atoms with Crippen LogP contribution in [0.15, 0.2) is 63.2 Å². The molecule has 0 bridgehead atoms. The van der Waals surface area contributed by atoms with Gasteiger partial charge in [0.2, 0.25) is 15.9 Å². The van der Waals surface area contributed by atoms with Gasteiger partial charge < -0.3 is 5.32 Å². The van der Waals surface area contributed by atoms with E-state index in [4.69, 9.17) is 23.2 Å². The normalized spacial score (nSPS) is 12.8. The van der Waals surface area contributed by atoms with Gasteiger partial charge in [-0.2, -0.15) is 5.10 Å². The van der Waals surface area contributed by atoms with Crippen LogP contribution in [0.4, 0.5) is 5.69 Å². The van der Waals surface area contributed by atoms with Crippen molar-refractivity contribution in [1.29, 1.82) is 0 Å². The summed E-state index contributed by atoms with van der Waals surface area (Å²) in [5, 5.41) is 6.12. The summed E-state index contributed by atoms with van der Waals surface area (Å²) < 4.78 is 52.4. The molecule has 10 nitrogen and oxygen atoms in total. The number of carbonyl (C=O) groups is 1. The highest BCUT2D eigenvalue weighted by Crippen LogP contribution is 2.22. The van der Waals surface area contributed by atoms with Crippen molar-refractivity contribution in [1.82, 2.24) is 14.5 Å². The van der Waals surface area contributed by atoms with Crippen molar-refractivity contribution in [2.24, 2.45) is 0 Å². The molecule has 3 rings (SSSR count). The van der Waals surface area contributed by atoms with Gasteiger partial charge in [0.25, 0.3) is 5.56 Å². The summed E-state index contributed by atoms with van der Waals surface area (Å²) in [6, 6.07) is 9.53. The van der Waals surface area contributed by atoms with E-state index in [0.717, 1.165) is 22.7 Å². The lowest BCUT2D eigenvalue weighted by molar-refractivity contribution is -0.119. The number of aromatic nitrogens is 2. The summed E-state index contributed by atoms with van der Waals surface area (Å²) in [7, 11) is -7.25. The first-order valence-electron chi connectivity index (χ1n) is 10.8. The van der Waals surface area contributed by atoms with Crippen LogP contribution in [0.3, 0.4) is 0 Å². The molecular formula is C23H24Cl2N4O6S2. The maximum Gasteiger partial charge on any atom is 0.287 e. The molecule has 0 radical (unpaired) electrons. The fraction of sp³-hybridized carbons (Fsp3) is 0.261. The van der Waals surface area contributed by atoms with E-state index in [1.165, 1.54) is 31.2 Å². The van der Waals surface area contributed by atoms with Crippen LogP contribution in [-0.4, -0.2) is 45.3 Å². The summed E-state index contributed by atoms with van der Waals surface area (Å²) in [5.41, 5.74) is 0.679. The number of amides is 1. The van der Waals surface area contributed by atoms with Gasteiger partial charge in [-0.3, -0.25) is 9.59 Å². The van der Waals surface area contributed by atoms with E-state index in [1.807, 2.05) is 0 Å². The zero-order chi connectivity index (χ0) is 27.5. The van der Waals surface area contributed by atoms with Gasteiger partial charge >= 0.3 is 0 Å². The Morgan fingerprint density at radius 1 is 1.08 bits per heavy atom. The molecule has 3 aromatic rings. The third-order valence-electron chi connectivity index (χ3n) is 5.45. The van der Waals surface area contributed by atoms with Gasteiger partial charge in [0.15, 0.2) is 9.84 Å². The predicted octanol–water partition coefficient (Wildman–Crippen LogP) is 2.98. The summed E-state index contributed by atoms with van der Waals surface area (Å²) in [6.07, 6.45) is 2.60. The molecule has 0 aliphatic heterocycles. The van der Waals surface area contributed by atoms with Crippen LogP contribution in [0.5, 0.6) is 0 Å². The monoisotopic (exact) mass is 586 g/mol. The molecule has 0 spiro atoms. The third-order valence-corrected chi connectivity index (χ3v) is 8.93. The van der Waals surface area contributed by atoms with Crippen molar-refractivity contribution in [2.75, 3.05) is 18.1 Å². The number of aryl methyl sites for hydroxylation is 1. The summed E-state index contributed by atoms with van der Waals surface area (Å²) in [5.74, 6) is -0.620. The van der Waals surface area contributed by atoms with E-state index in [2.05, 4.69) is 15.1 Å². The van der Waals surface area contributed by atoms with Gasteiger partial charge in [-0.1, -0.05) is 41.4 Å². The van der Waals surface area contributed by atoms with E-state index in [-0.39, 0.29) is 32.1 Å².